The first-order chi connectivity index (χ1) is 12.8. The van der Waals surface area contributed by atoms with Crippen LogP contribution in [-0.2, 0) is 6.42 Å². The molecule has 0 spiro atoms. The highest BCUT2D eigenvalue weighted by Crippen LogP contribution is 2.23. The molecule has 0 N–H and O–H groups in total. The lowest BCUT2D eigenvalue weighted by atomic mass is 10.0. The van der Waals surface area contributed by atoms with Crippen molar-refractivity contribution in [1.82, 2.24) is 19.7 Å². The van der Waals surface area contributed by atoms with Gasteiger partial charge in [0.25, 0.3) is 0 Å². The third-order valence-electron chi connectivity index (χ3n) is 5.02. The maximum absolute atomic E-state index is 4.57. The lowest BCUT2D eigenvalue weighted by Crippen LogP contribution is -2.30. The van der Waals surface area contributed by atoms with Crippen molar-refractivity contribution in [2.24, 2.45) is 0 Å². The van der Waals surface area contributed by atoms with E-state index in [9.17, 15) is 0 Å². The van der Waals surface area contributed by atoms with Gasteiger partial charge in [0.15, 0.2) is 0 Å². The number of benzene rings is 1. The fourth-order valence-corrected chi connectivity index (χ4v) is 3.44. The van der Waals surface area contributed by atoms with Crippen molar-refractivity contribution < 1.29 is 0 Å². The van der Waals surface area contributed by atoms with Crippen molar-refractivity contribution >= 4 is 5.57 Å². The maximum atomic E-state index is 4.57. The monoisotopic (exact) mass is 344 g/mol. The summed E-state index contributed by atoms with van der Waals surface area (Å²) in [6, 6.07) is 14.5. The number of hydrogen-bond donors (Lipinski definition) is 0. The van der Waals surface area contributed by atoms with Crippen LogP contribution in [0.15, 0.2) is 67.1 Å². The third kappa shape index (κ3) is 3.75. The number of aryl methyl sites for hydroxylation is 1. The van der Waals surface area contributed by atoms with Crippen molar-refractivity contribution in [2.75, 3.05) is 19.6 Å². The van der Waals surface area contributed by atoms with E-state index in [2.05, 4.69) is 70.6 Å². The summed E-state index contributed by atoms with van der Waals surface area (Å²) in [5.41, 5.74) is 6.19. The molecule has 1 aromatic carbocycles. The van der Waals surface area contributed by atoms with Gasteiger partial charge >= 0.3 is 0 Å². The Kier molecular flexibility index (Phi) is 4.93. The predicted octanol–water partition coefficient (Wildman–Crippen LogP) is 3.91. The molecule has 0 amide bonds. The topological polar surface area (TPSA) is 34.0 Å². The van der Waals surface area contributed by atoms with Gasteiger partial charge in [-0.25, -0.2) is 4.68 Å². The van der Waals surface area contributed by atoms with Gasteiger partial charge in [-0.3, -0.25) is 9.88 Å². The van der Waals surface area contributed by atoms with Crippen molar-refractivity contribution in [3.8, 4) is 5.69 Å². The van der Waals surface area contributed by atoms with E-state index in [-0.39, 0.29) is 0 Å². The summed E-state index contributed by atoms with van der Waals surface area (Å²) >= 11 is 0. The van der Waals surface area contributed by atoms with Gasteiger partial charge in [0.05, 0.1) is 11.9 Å². The van der Waals surface area contributed by atoms with E-state index in [4.69, 9.17) is 0 Å². The van der Waals surface area contributed by atoms with E-state index in [0.29, 0.717) is 0 Å². The van der Waals surface area contributed by atoms with Crippen molar-refractivity contribution in [2.45, 2.75) is 19.8 Å². The smallest absolute Gasteiger partial charge is 0.0674 e. The Balaban J connectivity index is 1.39. The summed E-state index contributed by atoms with van der Waals surface area (Å²) in [5.74, 6) is 0. The zero-order valence-corrected chi connectivity index (χ0v) is 15.2. The van der Waals surface area contributed by atoms with Gasteiger partial charge in [0.2, 0.25) is 0 Å². The van der Waals surface area contributed by atoms with Crippen LogP contribution in [0.2, 0.25) is 0 Å². The highest BCUT2D eigenvalue weighted by molar-refractivity contribution is 5.66. The number of pyridine rings is 1. The minimum atomic E-state index is 0.998. The lowest BCUT2D eigenvalue weighted by Gasteiger charge is -2.25. The minimum absolute atomic E-state index is 0.998. The van der Waals surface area contributed by atoms with E-state index in [1.54, 1.807) is 0 Å². The van der Waals surface area contributed by atoms with Crippen LogP contribution in [0.3, 0.4) is 0 Å². The third-order valence-corrected chi connectivity index (χ3v) is 5.02. The predicted molar refractivity (Wildman–Crippen MR) is 105 cm³/mol. The molecule has 0 saturated heterocycles. The highest BCUT2D eigenvalue weighted by atomic mass is 15.3. The Morgan fingerprint density at radius 3 is 2.73 bits per heavy atom. The average molecular weight is 344 g/mol. The van der Waals surface area contributed by atoms with Crippen LogP contribution in [0.1, 0.15) is 23.2 Å². The molecule has 0 fully saturated rings. The molecule has 4 nitrogen and oxygen atoms in total. The number of aromatic nitrogens is 3. The number of hydrogen-bond acceptors (Lipinski definition) is 3. The number of para-hydroxylation sites is 1. The van der Waals surface area contributed by atoms with Crippen LogP contribution in [0.25, 0.3) is 11.3 Å². The Hall–Kier alpha value is -2.72. The molecular weight excluding hydrogens is 320 g/mol. The summed E-state index contributed by atoms with van der Waals surface area (Å²) in [6.07, 6.45) is 10.4. The summed E-state index contributed by atoms with van der Waals surface area (Å²) in [6.45, 7) is 5.27. The maximum Gasteiger partial charge on any atom is 0.0674 e. The van der Waals surface area contributed by atoms with Gasteiger partial charge in [-0.2, -0.15) is 5.10 Å². The van der Waals surface area contributed by atoms with Gasteiger partial charge < -0.3 is 0 Å². The first-order valence-electron chi connectivity index (χ1n) is 9.22. The van der Waals surface area contributed by atoms with Gasteiger partial charge in [0.1, 0.15) is 0 Å². The molecule has 4 heteroatoms. The molecule has 2 aromatic heterocycles. The van der Waals surface area contributed by atoms with E-state index < -0.39 is 0 Å². The molecule has 0 atom stereocenters. The SMILES string of the molecule is Cc1ccccc1-n1cc(C2=CCN(CCc3ccccn3)CC2)cn1. The summed E-state index contributed by atoms with van der Waals surface area (Å²) in [5, 5.41) is 4.57. The Morgan fingerprint density at radius 1 is 1.08 bits per heavy atom. The normalized spacial score (nSPS) is 15.0. The molecule has 0 unspecified atom stereocenters. The standard InChI is InChI=1S/C22H24N4/c1-18-6-2-3-8-22(18)26-17-20(16-24-26)19-9-13-25(14-10-19)15-11-21-7-4-5-12-23-21/h2-9,12,16-17H,10-11,13-15H2,1H3. The van der Waals surface area contributed by atoms with E-state index >= 15 is 0 Å². The zero-order chi connectivity index (χ0) is 17.8. The van der Waals surface area contributed by atoms with Crippen molar-refractivity contribution in [3.05, 3.63) is 84.0 Å². The Bertz CT molecular complexity index is 895. The van der Waals surface area contributed by atoms with E-state index in [1.807, 2.05) is 23.1 Å². The zero-order valence-electron chi connectivity index (χ0n) is 15.2. The van der Waals surface area contributed by atoms with Crippen LogP contribution in [-0.4, -0.2) is 39.3 Å². The van der Waals surface area contributed by atoms with Crippen molar-refractivity contribution in [1.29, 1.82) is 0 Å². The molecule has 3 heterocycles. The lowest BCUT2D eigenvalue weighted by molar-refractivity contribution is 0.305. The Morgan fingerprint density at radius 2 is 1.96 bits per heavy atom. The molecule has 0 aliphatic carbocycles. The van der Waals surface area contributed by atoms with Crippen molar-refractivity contribution in [3.63, 3.8) is 0 Å². The molecule has 132 valence electrons. The molecular formula is C22H24N4. The molecule has 4 rings (SSSR count). The van der Waals surface area contributed by atoms with E-state index in [0.717, 1.165) is 38.2 Å². The second-order valence-electron chi connectivity index (χ2n) is 6.81. The number of nitrogens with zero attached hydrogens (tertiary/aromatic N) is 4. The molecule has 0 radical (unpaired) electrons. The van der Waals surface area contributed by atoms with Crippen LogP contribution >= 0.6 is 0 Å². The fourth-order valence-electron chi connectivity index (χ4n) is 3.44. The van der Waals surface area contributed by atoms with Gasteiger partial charge in [-0.05, 0) is 42.7 Å². The van der Waals surface area contributed by atoms with Crippen LogP contribution in [0, 0.1) is 6.92 Å². The minimum Gasteiger partial charge on any atom is -0.299 e. The molecule has 0 saturated carbocycles. The summed E-state index contributed by atoms with van der Waals surface area (Å²) in [7, 11) is 0. The van der Waals surface area contributed by atoms with Crippen LogP contribution in [0.4, 0.5) is 0 Å². The molecule has 0 bridgehead atoms. The first kappa shape index (κ1) is 16.7. The number of rotatable bonds is 5. The second kappa shape index (κ2) is 7.67. The van der Waals surface area contributed by atoms with Crippen LogP contribution < -0.4 is 0 Å². The largest absolute Gasteiger partial charge is 0.299 e. The van der Waals surface area contributed by atoms with Gasteiger partial charge in [0, 0.05) is 49.7 Å². The molecule has 1 aliphatic rings. The second-order valence-corrected chi connectivity index (χ2v) is 6.81. The highest BCUT2D eigenvalue weighted by Gasteiger charge is 2.14. The quantitative estimate of drug-likeness (QED) is 0.704. The van der Waals surface area contributed by atoms with Gasteiger partial charge in [-0.1, -0.05) is 30.3 Å². The summed E-state index contributed by atoms with van der Waals surface area (Å²) in [4.78, 5) is 6.90. The van der Waals surface area contributed by atoms with Gasteiger partial charge in [-0.15, -0.1) is 0 Å². The fraction of sp³-hybridized carbons (Fsp3) is 0.273. The molecule has 1 aliphatic heterocycles. The summed E-state index contributed by atoms with van der Waals surface area (Å²) < 4.78 is 1.99. The molecule has 3 aromatic rings. The molecule has 26 heavy (non-hydrogen) atoms. The Labute approximate surface area is 154 Å². The van der Waals surface area contributed by atoms with E-state index in [1.165, 1.54) is 22.4 Å². The first-order valence-corrected chi connectivity index (χ1v) is 9.22. The average Bonchev–Trinajstić information content (AvgIpc) is 3.18. The van der Waals surface area contributed by atoms with Crippen LogP contribution in [0.5, 0.6) is 0 Å².